The number of nitrogen functional groups attached to an aromatic ring is 4. The number of aromatic nitrogens is 8. The fourth-order valence-corrected chi connectivity index (χ4v) is 3.79. The third kappa shape index (κ3) is 6.26. The SMILES string of the molecule is Nc1nc(N)nc(-c2ccc(-c3ccncc3)cc2)n1.Nc1nc(N)nc(-c2ccc(-c3ccncc3)cc2)n1. The van der Waals surface area contributed by atoms with Crippen LogP contribution in [0.1, 0.15) is 0 Å². The zero-order valence-corrected chi connectivity index (χ0v) is 21.1. The van der Waals surface area contributed by atoms with Gasteiger partial charge in [-0.1, -0.05) is 48.5 Å². The van der Waals surface area contributed by atoms with E-state index in [1.165, 1.54) is 0 Å². The van der Waals surface area contributed by atoms with Crippen molar-refractivity contribution in [3.8, 4) is 45.0 Å². The summed E-state index contributed by atoms with van der Waals surface area (Å²) in [5.74, 6) is 1.40. The number of nitrogens with two attached hydrogens (primary N) is 4. The molecule has 12 heteroatoms. The maximum atomic E-state index is 5.57. The average molecular weight is 529 g/mol. The molecule has 4 heterocycles. The van der Waals surface area contributed by atoms with Gasteiger partial charge < -0.3 is 22.9 Å². The molecule has 0 aliphatic carbocycles. The number of benzene rings is 2. The van der Waals surface area contributed by atoms with Gasteiger partial charge in [0.15, 0.2) is 11.6 Å². The first-order valence-corrected chi connectivity index (χ1v) is 12.0. The van der Waals surface area contributed by atoms with Crippen molar-refractivity contribution in [2.24, 2.45) is 0 Å². The number of anilines is 4. The second-order valence-electron chi connectivity index (χ2n) is 8.38. The van der Waals surface area contributed by atoms with Crippen molar-refractivity contribution in [2.75, 3.05) is 22.9 Å². The third-order valence-corrected chi connectivity index (χ3v) is 5.65. The molecule has 6 aromatic rings. The standard InChI is InChI=1S/2C14H12N6/c2*15-13-18-12(19-14(16)20-13)11-3-1-9(2-4-11)10-5-7-17-8-6-10/h2*1-8H,(H4,15,16,18,19,20). The normalized spacial score (nSPS) is 10.4. The lowest BCUT2D eigenvalue weighted by Crippen LogP contribution is -2.04. The fourth-order valence-electron chi connectivity index (χ4n) is 3.79. The van der Waals surface area contributed by atoms with Gasteiger partial charge in [-0.05, 0) is 46.5 Å². The van der Waals surface area contributed by atoms with Crippen LogP contribution in [0.25, 0.3) is 45.0 Å². The number of hydrogen-bond acceptors (Lipinski definition) is 12. The molecule has 0 aliphatic heterocycles. The summed E-state index contributed by atoms with van der Waals surface area (Å²) in [4.78, 5) is 31.8. The largest absolute Gasteiger partial charge is 0.368 e. The van der Waals surface area contributed by atoms with Gasteiger partial charge in [0, 0.05) is 35.9 Å². The summed E-state index contributed by atoms with van der Waals surface area (Å²) in [5.41, 5.74) is 28.3. The molecule has 196 valence electrons. The topological polar surface area (TPSA) is 207 Å². The highest BCUT2D eigenvalue weighted by molar-refractivity contribution is 5.69. The number of pyridine rings is 2. The lowest BCUT2D eigenvalue weighted by atomic mass is 10.1. The summed E-state index contributed by atoms with van der Waals surface area (Å²) in [6, 6.07) is 23.4. The molecule has 0 spiro atoms. The molecular formula is C28H24N12. The predicted molar refractivity (Wildman–Crippen MR) is 155 cm³/mol. The Hall–Kier alpha value is -6.04. The summed E-state index contributed by atoms with van der Waals surface area (Å²) < 4.78 is 0. The first-order chi connectivity index (χ1) is 19.4. The van der Waals surface area contributed by atoms with Gasteiger partial charge in [-0.3, -0.25) is 9.97 Å². The van der Waals surface area contributed by atoms with Gasteiger partial charge in [-0.2, -0.15) is 29.9 Å². The van der Waals surface area contributed by atoms with Gasteiger partial charge in [0.05, 0.1) is 0 Å². The van der Waals surface area contributed by atoms with Crippen LogP contribution >= 0.6 is 0 Å². The summed E-state index contributed by atoms with van der Waals surface area (Å²) in [6.07, 6.45) is 7.04. The molecule has 0 amide bonds. The van der Waals surface area contributed by atoms with Gasteiger partial charge >= 0.3 is 0 Å². The van der Waals surface area contributed by atoms with Crippen LogP contribution in [0.5, 0.6) is 0 Å². The van der Waals surface area contributed by atoms with E-state index in [9.17, 15) is 0 Å². The zero-order chi connectivity index (χ0) is 27.9. The van der Waals surface area contributed by atoms with Crippen LogP contribution in [0.4, 0.5) is 23.8 Å². The molecule has 0 atom stereocenters. The van der Waals surface area contributed by atoms with Gasteiger partial charge in [0.25, 0.3) is 0 Å². The van der Waals surface area contributed by atoms with E-state index in [-0.39, 0.29) is 23.8 Å². The number of nitrogens with zero attached hydrogens (tertiary/aromatic N) is 8. The molecule has 40 heavy (non-hydrogen) atoms. The second-order valence-corrected chi connectivity index (χ2v) is 8.38. The van der Waals surface area contributed by atoms with E-state index in [0.717, 1.165) is 33.4 Å². The van der Waals surface area contributed by atoms with Crippen molar-refractivity contribution >= 4 is 23.8 Å². The minimum atomic E-state index is 0.116. The summed E-state index contributed by atoms with van der Waals surface area (Å²) >= 11 is 0. The van der Waals surface area contributed by atoms with Crippen LogP contribution in [0.3, 0.4) is 0 Å². The highest BCUT2D eigenvalue weighted by Gasteiger charge is 2.07. The van der Waals surface area contributed by atoms with Gasteiger partial charge in [0.1, 0.15) is 0 Å². The van der Waals surface area contributed by atoms with E-state index in [4.69, 9.17) is 22.9 Å². The van der Waals surface area contributed by atoms with Gasteiger partial charge in [-0.25, -0.2) is 0 Å². The van der Waals surface area contributed by atoms with Gasteiger partial charge in [-0.15, -0.1) is 0 Å². The van der Waals surface area contributed by atoms with E-state index < -0.39 is 0 Å². The molecule has 0 saturated heterocycles. The van der Waals surface area contributed by atoms with Crippen LogP contribution in [0.2, 0.25) is 0 Å². The minimum absolute atomic E-state index is 0.116. The smallest absolute Gasteiger partial charge is 0.225 e. The van der Waals surface area contributed by atoms with Crippen molar-refractivity contribution in [1.29, 1.82) is 0 Å². The highest BCUT2D eigenvalue weighted by Crippen LogP contribution is 2.24. The van der Waals surface area contributed by atoms with Crippen molar-refractivity contribution < 1.29 is 0 Å². The maximum absolute atomic E-state index is 5.57. The van der Waals surface area contributed by atoms with E-state index in [2.05, 4.69) is 39.9 Å². The molecule has 0 unspecified atom stereocenters. The Morgan fingerprint density at radius 1 is 0.300 bits per heavy atom. The van der Waals surface area contributed by atoms with Crippen LogP contribution < -0.4 is 22.9 Å². The zero-order valence-electron chi connectivity index (χ0n) is 21.1. The molecule has 0 radical (unpaired) electrons. The van der Waals surface area contributed by atoms with Crippen LogP contribution in [-0.4, -0.2) is 39.9 Å². The first-order valence-electron chi connectivity index (χ1n) is 12.0. The van der Waals surface area contributed by atoms with Gasteiger partial charge in [0.2, 0.25) is 23.8 Å². The molecule has 0 bridgehead atoms. The minimum Gasteiger partial charge on any atom is -0.368 e. The first kappa shape index (κ1) is 25.6. The average Bonchev–Trinajstić information content (AvgIpc) is 2.98. The molecule has 8 N–H and O–H groups in total. The molecule has 6 rings (SSSR count). The van der Waals surface area contributed by atoms with Crippen LogP contribution in [0, 0.1) is 0 Å². The third-order valence-electron chi connectivity index (χ3n) is 5.65. The monoisotopic (exact) mass is 528 g/mol. The van der Waals surface area contributed by atoms with Crippen LogP contribution in [0.15, 0.2) is 97.6 Å². The molecule has 0 saturated carbocycles. The lowest BCUT2D eigenvalue weighted by molar-refractivity contribution is 1.09. The Kier molecular flexibility index (Phi) is 7.40. The molecule has 2 aromatic carbocycles. The van der Waals surface area contributed by atoms with E-state index in [1.54, 1.807) is 24.8 Å². The Morgan fingerprint density at radius 3 is 0.850 bits per heavy atom. The summed E-state index contributed by atoms with van der Waals surface area (Å²) in [7, 11) is 0. The predicted octanol–water partition coefficient (Wildman–Crippen LogP) is 3.53. The quantitative estimate of drug-likeness (QED) is 0.259. The molecule has 0 fully saturated rings. The molecule has 0 aliphatic rings. The lowest BCUT2D eigenvalue weighted by Gasteiger charge is -2.04. The maximum Gasteiger partial charge on any atom is 0.225 e. The fraction of sp³-hybridized carbons (Fsp3) is 0. The Labute approximate surface area is 229 Å². The number of rotatable bonds is 4. The van der Waals surface area contributed by atoms with Crippen LogP contribution in [-0.2, 0) is 0 Å². The number of hydrogen-bond donors (Lipinski definition) is 4. The Bertz CT molecular complexity index is 1540. The second kappa shape index (κ2) is 11.6. The molecule has 4 aromatic heterocycles. The Balaban J connectivity index is 0.000000161. The summed E-state index contributed by atoms with van der Waals surface area (Å²) in [5, 5.41) is 0. The molecular weight excluding hydrogens is 504 g/mol. The van der Waals surface area contributed by atoms with E-state index in [1.807, 2.05) is 72.8 Å². The summed E-state index contributed by atoms with van der Waals surface area (Å²) in [6.45, 7) is 0. The van der Waals surface area contributed by atoms with Crippen molar-refractivity contribution in [3.63, 3.8) is 0 Å². The molecule has 12 nitrogen and oxygen atoms in total. The van der Waals surface area contributed by atoms with Crippen molar-refractivity contribution in [1.82, 2.24) is 39.9 Å². The van der Waals surface area contributed by atoms with E-state index >= 15 is 0 Å². The van der Waals surface area contributed by atoms with E-state index in [0.29, 0.717) is 11.6 Å². The Morgan fingerprint density at radius 2 is 0.550 bits per heavy atom. The van der Waals surface area contributed by atoms with Crippen molar-refractivity contribution in [2.45, 2.75) is 0 Å². The van der Waals surface area contributed by atoms with Crippen molar-refractivity contribution in [3.05, 3.63) is 97.6 Å². The highest BCUT2D eigenvalue weighted by atomic mass is 15.1.